The van der Waals surface area contributed by atoms with Crippen molar-refractivity contribution in [3.63, 3.8) is 0 Å². The van der Waals surface area contributed by atoms with E-state index in [9.17, 15) is 0 Å². The number of ether oxygens (including phenoxy) is 2. The van der Waals surface area contributed by atoms with E-state index in [1.54, 1.807) is 7.11 Å². The second-order valence-corrected chi connectivity index (χ2v) is 5.84. The van der Waals surface area contributed by atoms with Gasteiger partial charge in [0.25, 0.3) is 0 Å². The molecule has 2 rings (SSSR count). The van der Waals surface area contributed by atoms with Crippen molar-refractivity contribution in [1.29, 1.82) is 0 Å². The molecular weight excluding hydrogens is 403 g/mol. The molecule has 0 bridgehead atoms. The van der Waals surface area contributed by atoms with Crippen molar-refractivity contribution in [2.45, 2.75) is 20.0 Å². The van der Waals surface area contributed by atoms with Crippen molar-refractivity contribution in [3.05, 3.63) is 38.7 Å². The lowest BCUT2D eigenvalue weighted by Crippen LogP contribution is -2.02. The molecule has 0 atom stereocenters. The van der Waals surface area contributed by atoms with Crippen LogP contribution in [0.15, 0.2) is 24.3 Å². The number of hydrogen-bond donors (Lipinski definition) is 0. The first-order valence-electron chi connectivity index (χ1n) is 6.59. The van der Waals surface area contributed by atoms with E-state index < -0.39 is 0 Å². The minimum absolute atomic E-state index is 0.402. The summed E-state index contributed by atoms with van der Waals surface area (Å²) in [6.45, 7) is 3.16. The van der Waals surface area contributed by atoms with Crippen molar-refractivity contribution < 1.29 is 9.47 Å². The van der Waals surface area contributed by atoms with Crippen molar-refractivity contribution >= 4 is 34.2 Å². The Balaban J connectivity index is 2.37. The SMILES string of the molecule is CCCOc1cccc(-c2nc(Cl)c(I)c(COC)n2)c1. The molecule has 0 saturated heterocycles. The third-order valence-corrected chi connectivity index (χ3v) is 4.45. The second-order valence-electron chi connectivity index (χ2n) is 4.41. The molecule has 4 nitrogen and oxygen atoms in total. The van der Waals surface area contributed by atoms with Crippen LogP contribution < -0.4 is 4.74 Å². The fraction of sp³-hybridized carbons (Fsp3) is 0.333. The van der Waals surface area contributed by atoms with E-state index in [1.807, 2.05) is 24.3 Å². The maximum Gasteiger partial charge on any atom is 0.161 e. The predicted molar refractivity (Wildman–Crippen MR) is 91.7 cm³/mol. The topological polar surface area (TPSA) is 44.2 Å². The molecule has 6 heteroatoms. The van der Waals surface area contributed by atoms with Crippen LogP contribution in [0.1, 0.15) is 19.0 Å². The first-order chi connectivity index (χ1) is 10.2. The van der Waals surface area contributed by atoms with Gasteiger partial charge in [0.05, 0.1) is 22.5 Å². The lowest BCUT2D eigenvalue weighted by molar-refractivity contribution is 0.181. The summed E-state index contributed by atoms with van der Waals surface area (Å²) in [5.74, 6) is 1.38. The highest BCUT2D eigenvalue weighted by atomic mass is 127. The maximum absolute atomic E-state index is 6.18. The normalized spacial score (nSPS) is 10.7. The lowest BCUT2D eigenvalue weighted by Gasteiger charge is -2.09. The van der Waals surface area contributed by atoms with Crippen LogP contribution in [0.3, 0.4) is 0 Å². The summed E-state index contributed by atoms with van der Waals surface area (Å²) < 4.78 is 11.6. The molecule has 2 aromatic rings. The van der Waals surface area contributed by atoms with Crippen molar-refractivity contribution in [1.82, 2.24) is 9.97 Å². The van der Waals surface area contributed by atoms with Crippen LogP contribution in [0, 0.1) is 3.57 Å². The molecule has 0 amide bonds. The number of hydrogen-bond acceptors (Lipinski definition) is 4. The standard InChI is InChI=1S/C15H16ClIN2O2/c1-3-7-21-11-6-4-5-10(8-11)15-18-12(9-20-2)13(17)14(16)19-15/h4-6,8H,3,7,9H2,1-2H3. The number of aromatic nitrogens is 2. The molecule has 1 aromatic heterocycles. The molecule has 0 N–H and O–H groups in total. The number of benzene rings is 1. The smallest absolute Gasteiger partial charge is 0.161 e. The van der Waals surface area contributed by atoms with Crippen LogP contribution in [0.4, 0.5) is 0 Å². The van der Waals surface area contributed by atoms with Gasteiger partial charge < -0.3 is 9.47 Å². The van der Waals surface area contributed by atoms with Gasteiger partial charge in [-0.25, -0.2) is 9.97 Å². The highest BCUT2D eigenvalue weighted by Gasteiger charge is 2.12. The third-order valence-electron chi connectivity index (χ3n) is 2.73. The number of methoxy groups -OCH3 is 1. The summed E-state index contributed by atoms with van der Waals surface area (Å²) in [7, 11) is 1.63. The summed E-state index contributed by atoms with van der Waals surface area (Å²) in [6.07, 6.45) is 0.966. The molecule has 1 heterocycles. The molecule has 0 saturated carbocycles. The van der Waals surface area contributed by atoms with Crippen LogP contribution >= 0.6 is 34.2 Å². The summed E-state index contributed by atoms with van der Waals surface area (Å²) >= 11 is 8.31. The molecule has 0 spiro atoms. The summed E-state index contributed by atoms with van der Waals surface area (Å²) in [5, 5.41) is 0.438. The molecule has 0 radical (unpaired) electrons. The van der Waals surface area contributed by atoms with Gasteiger partial charge in [-0.05, 0) is 41.1 Å². The molecule has 1 aromatic carbocycles. The number of halogens is 2. The Bertz CT molecular complexity index is 623. The fourth-order valence-electron chi connectivity index (χ4n) is 1.77. The zero-order chi connectivity index (χ0) is 15.2. The van der Waals surface area contributed by atoms with Gasteiger partial charge in [0, 0.05) is 12.7 Å². The second kappa shape index (κ2) is 7.91. The average molecular weight is 419 g/mol. The van der Waals surface area contributed by atoms with Gasteiger partial charge in [0.2, 0.25) is 0 Å². The van der Waals surface area contributed by atoms with Gasteiger partial charge in [-0.15, -0.1) is 0 Å². The first kappa shape index (κ1) is 16.5. The van der Waals surface area contributed by atoms with Crippen LogP contribution in [0.25, 0.3) is 11.4 Å². The molecule has 0 aliphatic rings. The monoisotopic (exact) mass is 418 g/mol. The maximum atomic E-state index is 6.18. The third kappa shape index (κ3) is 4.28. The Hall–Kier alpha value is -0.920. The highest BCUT2D eigenvalue weighted by molar-refractivity contribution is 14.1. The Kier molecular flexibility index (Phi) is 6.20. The van der Waals surface area contributed by atoms with Gasteiger partial charge in [0.15, 0.2) is 5.82 Å². The van der Waals surface area contributed by atoms with E-state index in [2.05, 4.69) is 39.5 Å². The fourth-order valence-corrected chi connectivity index (χ4v) is 2.36. The summed E-state index contributed by atoms with van der Waals surface area (Å²) in [5.41, 5.74) is 1.66. The Labute approximate surface area is 143 Å². The van der Waals surface area contributed by atoms with E-state index in [4.69, 9.17) is 21.1 Å². The Morgan fingerprint density at radius 2 is 2.10 bits per heavy atom. The zero-order valence-electron chi connectivity index (χ0n) is 11.9. The molecular formula is C15H16ClIN2O2. The van der Waals surface area contributed by atoms with Crippen molar-refractivity contribution in [3.8, 4) is 17.1 Å². The van der Waals surface area contributed by atoms with E-state index in [0.29, 0.717) is 24.2 Å². The highest BCUT2D eigenvalue weighted by Crippen LogP contribution is 2.26. The Morgan fingerprint density at radius 1 is 1.29 bits per heavy atom. The number of nitrogens with zero attached hydrogens (tertiary/aromatic N) is 2. The van der Waals surface area contributed by atoms with Crippen molar-refractivity contribution in [2.75, 3.05) is 13.7 Å². The average Bonchev–Trinajstić information content (AvgIpc) is 2.50. The van der Waals surface area contributed by atoms with E-state index >= 15 is 0 Å². The molecule has 0 aliphatic carbocycles. The quantitative estimate of drug-likeness (QED) is 0.517. The van der Waals surface area contributed by atoms with Crippen LogP contribution in [-0.4, -0.2) is 23.7 Å². The van der Waals surface area contributed by atoms with E-state index in [0.717, 1.165) is 27.0 Å². The van der Waals surface area contributed by atoms with Gasteiger partial charge in [-0.3, -0.25) is 0 Å². The zero-order valence-corrected chi connectivity index (χ0v) is 14.8. The minimum Gasteiger partial charge on any atom is -0.494 e. The molecule has 21 heavy (non-hydrogen) atoms. The number of rotatable bonds is 6. The summed E-state index contributed by atoms with van der Waals surface area (Å²) in [4.78, 5) is 8.87. The van der Waals surface area contributed by atoms with Gasteiger partial charge >= 0.3 is 0 Å². The minimum atomic E-state index is 0.402. The van der Waals surface area contributed by atoms with Gasteiger partial charge in [0.1, 0.15) is 10.9 Å². The molecule has 0 unspecified atom stereocenters. The molecule has 0 fully saturated rings. The molecule has 112 valence electrons. The molecule has 0 aliphatic heterocycles. The van der Waals surface area contributed by atoms with Gasteiger partial charge in [-0.1, -0.05) is 30.7 Å². The van der Waals surface area contributed by atoms with Crippen LogP contribution in [-0.2, 0) is 11.3 Å². The van der Waals surface area contributed by atoms with E-state index in [-0.39, 0.29) is 0 Å². The van der Waals surface area contributed by atoms with Crippen molar-refractivity contribution in [2.24, 2.45) is 0 Å². The first-order valence-corrected chi connectivity index (χ1v) is 8.05. The predicted octanol–water partition coefficient (Wildman–Crippen LogP) is 4.34. The van der Waals surface area contributed by atoms with Gasteiger partial charge in [-0.2, -0.15) is 0 Å². The summed E-state index contributed by atoms with van der Waals surface area (Å²) in [6, 6.07) is 7.70. The largest absolute Gasteiger partial charge is 0.494 e. The lowest BCUT2D eigenvalue weighted by atomic mass is 10.2. The Morgan fingerprint density at radius 3 is 2.81 bits per heavy atom. The van der Waals surface area contributed by atoms with E-state index in [1.165, 1.54) is 0 Å². The van der Waals surface area contributed by atoms with Crippen LogP contribution in [0.2, 0.25) is 5.15 Å². The van der Waals surface area contributed by atoms with Crippen LogP contribution in [0.5, 0.6) is 5.75 Å².